The van der Waals surface area contributed by atoms with Gasteiger partial charge in [0, 0.05) is 6.04 Å². The second-order valence-electron chi connectivity index (χ2n) is 5.71. The molecule has 2 atom stereocenters. The zero-order chi connectivity index (χ0) is 13.0. The molecular formula is C16H27N. The van der Waals surface area contributed by atoms with Crippen molar-refractivity contribution in [2.75, 3.05) is 6.54 Å². The van der Waals surface area contributed by atoms with Crippen molar-refractivity contribution in [3.05, 3.63) is 34.9 Å². The molecule has 0 aliphatic heterocycles. The van der Waals surface area contributed by atoms with Crippen LogP contribution in [0.5, 0.6) is 0 Å². The van der Waals surface area contributed by atoms with Crippen molar-refractivity contribution >= 4 is 0 Å². The summed E-state index contributed by atoms with van der Waals surface area (Å²) in [6.45, 7) is 14.6. The van der Waals surface area contributed by atoms with Gasteiger partial charge in [0.1, 0.15) is 0 Å². The summed E-state index contributed by atoms with van der Waals surface area (Å²) in [6, 6.07) is 7.16. The predicted octanol–water partition coefficient (Wildman–Crippen LogP) is 4.25. The molecule has 0 aromatic heterocycles. The molecule has 0 radical (unpaired) electrons. The second-order valence-corrected chi connectivity index (χ2v) is 5.71. The zero-order valence-corrected chi connectivity index (χ0v) is 12.2. The summed E-state index contributed by atoms with van der Waals surface area (Å²) in [7, 11) is 0. The van der Waals surface area contributed by atoms with Gasteiger partial charge in [-0.25, -0.2) is 0 Å². The van der Waals surface area contributed by atoms with E-state index in [2.05, 4.69) is 65.1 Å². The highest BCUT2D eigenvalue weighted by Gasteiger charge is 2.11. The largest absolute Gasteiger partial charge is 0.310 e. The van der Waals surface area contributed by atoms with E-state index in [-0.39, 0.29) is 0 Å². The van der Waals surface area contributed by atoms with Gasteiger partial charge in [-0.3, -0.25) is 0 Å². The Labute approximate surface area is 107 Å². The molecule has 2 unspecified atom stereocenters. The lowest BCUT2D eigenvalue weighted by atomic mass is 9.96. The summed E-state index contributed by atoms with van der Waals surface area (Å²) in [5.74, 6) is 1.47. The lowest BCUT2D eigenvalue weighted by molar-refractivity contribution is 0.375. The molecule has 0 aliphatic rings. The summed E-state index contributed by atoms with van der Waals surface area (Å²) < 4.78 is 0. The summed E-state index contributed by atoms with van der Waals surface area (Å²) in [5.41, 5.74) is 4.16. The summed E-state index contributed by atoms with van der Waals surface area (Å²) in [5, 5.41) is 3.64. The van der Waals surface area contributed by atoms with Crippen molar-refractivity contribution in [3.8, 4) is 0 Å². The first kappa shape index (κ1) is 14.2. The van der Waals surface area contributed by atoms with Gasteiger partial charge in [-0.05, 0) is 50.3 Å². The van der Waals surface area contributed by atoms with Gasteiger partial charge in [-0.2, -0.15) is 0 Å². The van der Waals surface area contributed by atoms with Crippen molar-refractivity contribution in [1.29, 1.82) is 0 Å². The molecule has 0 saturated carbocycles. The van der Waals surface area contributed by atoms with Crippen molar-refractivity contribution in [1.82, 2.24) is 5.32 Å². The van der Waals surface area contributed by atoms with Crippen molar-refractivity contribution in [2.24, 2.45) is 11.8 Å². The maximum atomic E-state index is 3.64. The Kier molecular flexibility index (Phi) is 5.20. The molecule has 1 heteroatoms. The van der Waals surface area contributed by atoms with Gasteiger partial charge in [-0.15, -0.1) is 0 Å². The van der Waals surface area contributed by atoms with E-state index in [0.29, 0.717) is 6.04 Å². The van der Waals surface area contributed by atoms with E-state index in [1.807, 2.05) is 0 Å². The molecule has 0 spiro atoms. The molecule has 0 fully saturated rings. The van der Waals surface area contributed by atoms with Crippen LogP contribution in [-0.4, -0.2) is 6.54 Å². The van der Waals surface area contributed by atoms with Crippen LogP contribution in [0.15, 0.2) is 18.2 Å². The highest BCUT2D eigenvalue weighted by atomic mass is 14.9. The van der Waals surface area contributed by atoms with Crippen LogP contribution < -0.4 is 5.32 Å². The fraction of sp³-hybridized carbons (Fsp3) is 0.625. The monoisotopic (exact) mass is 233 g/mol. The number of hydrogen-bond donors (Lipinski definition) is 1. The fourth-order valence-corrected chi connectivity index (χ4v) is 2.02. The lowest BCUT2D eigenvalue weighted by Gasteiger charge is -2.21. The van der Waals surface area contributed by atoms with Gasteiger partial charge in [-0.1, -0.05) is 44.5 Å². The fourth-order valence-electron chi connectivity index (χ4n) is 2.02. The molecule has 1 nitrogen and oxygen atoms in total. The Morgan fingerprint density at radius 1 is 1.06 bits per heavy atom. The molecule has 17 heavy (non-hydrogen) atoms. The summed E-state index contributed by atoms with van der Waals surface area (Å²) in [6.07, 6.45) is 0. The minimum absolute atomic E-state index is 0.441. The molecule has 0 aliphatic carbocycles. The van der Waals surface area contributed by atoms with Gasteiger partial charge in [0.15, 0.2) is 0 Å². The SMILES string of the molecule is Cc1ccc(C(C)NCC(C)C(C)C)c(C)c1. The second kappa shape index (κ2) is 6.20. The van der Waals surface area contributed by atoms with Gasteiger partial charge < -0.3 is 5.32 Å². The van der Waals surface area contributed by atoms with Crippen LogP contribution >= 0.6 is 0 Å². The third kappa shape index (κ3) is 4.16. The number of benzene rings is 1. The van der Waals surface area contributed by atoms with Crippen molar-refractivity contribution < 1.29 is 0 Å². The first-order valence-electron chi connectivity index (χ1n) is 6.72. The van der Waals surface area contributed by atoms with E-state index >= 15 is 0 Å². The standard InChI is InChI=1S/C16H27N/c1-11(2)14(5)10-17-15(6)16-8-7-12(3)9-13(16)4/h7-9,11,14-15,17H,10H2,1-6H3. The summed E-state index contributed by atoms with van der Waals surface area (Å²) >= 11 is 0. The normalized spacial score (nSPS) is 15.0. The van der Waals surface area contributed by atoms with Crippen LogP contribution in [0.1, 0.15) is 50.4 Å². The van der Waals surface area contributed by atoms with E-state index in [9.17, 15) is 0 Å². The average Bonchev–Trinajstić information content (AvgIpc) is 2.25. The van der Waals surface area contributed by atoms with Crippen molar-refractivity contribution in [3.63, 3.8) is 0 Å². The Morgan fingerprint density at radius 3 is 2.24 bits per heavy atom. The van der Waals surface area contributed by atoms with Gasteiger partial charge in [0.25, 0.3) is 0 Å². The molecule has 0 saturated heterocycles. The van der Waals surface area contributed by atoms with E-state index in [0.717, 1.165) is 18.4 Å². The molecule has 0 amide bonds. The average molecular weight is 233 g/mol. The van der Waals surface area contributed by atoms with Gasteiger partial charge in [0.2, 0.25) is 0 Å². The number of rotatable bonds is 5. The third-order valence-electron chi connectivity index (χ3n) is 3.78. The van der Waals surface area contributed by atoms with Crippen LogP contribution in [0.2, 0.25) is 0 Å². The van der Waals surface area contributed by atoms with Crippen LogP contribution in [0.4, 0.5) is 0 Å². The van der Waals surface area contributed by atoms with Crippen molar-refractivity contribution in [2.45, 2.75) is 47.6 Å². The van der Waals surface area contributed by atoms with Crippen LogP contribution in [0.3, 0.4) is 0 Å². The number of nitrogens with one attached hydrogen (secondary N) is 1. The van der Waals surface area contributed by atoms with E-state index < -0.39 is 0 Å². The molecular weight excluding hydrogens is 206 g/mol. The molecule has 1 N–H and O–H groups in total. The topological polar surface area (TPSA) is 12.0 Å². The van der Waals surface area contributed by atoms with Crippen LogP contribution in [-0.2, 0) is 0 Å². The van der Waals surface area contributed by atoms with Crippen LogP contribution in [0.25, 0.3) is 0 Å². The molecule has 96 valence electrons. The smallest absolute Gasteiger partial charge is 0.0294 e. The minimum atomic E-state index is 0.441. The summed E-state index contributed by atoms with van der Waals surface area (Å²) in [4.78, 5) is 0. The van der Waals surface area contributed by atoms with E-state index in [4.69, 9.17) is 0 Å². The zero-order valence-electron chi connectivity index (χ0n) is 12.2. The first-order chi connectivity index (χ1) is 7.91. The number of aryl methyl sites for hydroxylation is 2. The molecule has 0 heterocycles. The first-order valence-corrected chi connectivity index (χ1v) is 6.72. The Hall–Kier alpha value is -0.820. The molecule has 1 aromatic rings. The minimum Gasteiger partial charge on any atom is -0.310 e. The highest BCUT2D eigenvalue weighted by molar-refractivity contribution is 5.32. The van der Waals surface area contributed by atoms with E-state index in [1.165, 1.54) is 16.7 Å². The Bertz CT molecular complexity index is 355. The van der Waals surface area contributed by atoms with Crippen LogP contribution in [0, 0.1) is 25.7 Å². The van der Waals surface area contributed by atoms with E-state index in [1.54, 1.807) is 0 Å². The molecule has 1 aromatic carbocycles. The lowest BCUT2D eigenvalue weighted by Crippen LogP contribution is -2.27. The third-order valence-corrected chi connectivity index (χ3v) is 3.78. The highest BCUT2D eigenvalue weighted by Crippen LogP contribution is 2.19. The van der Waals surface area contributed by atoms with Gasteiger partial charge in [0.05, 0.1) is 0 Å². The maximum absolute atomic E-state index is 3.64. The Morgan fingerprint density at radius 2 is 1.71 bits per heavy atom. The maximum Gasteiger partial charge on any atom is 0.0294 e. The molecule has 0 bridgehead atoms. The Balaban J connectivity index is 2.61. The quantitative estimate of drug-likeness (QED) is 0.802. The van der Waals surface area contributed by atoms with Gasteiger partial charge >= 0.3 is 0 Å². The number of hydrogen-bond acceptors (Lipinski definition) is 1. The predicted molar refractivity (Wildman–Crippen MR) is 76.3 cm³/mol. The molecule has 1 rings (SSSR count).